The van der Waals surface area contributed by atoms with Gasteiger partial charge in [-0.3, -0.25) is 4.68 Å². The van der Waals surface area contributed by atoms with E-state index in [4.69, 9.17) is 21.1 Å². The van der Waals surface area contributed by atoms with E-state index in [2.05, 4.69) is 5.10 Å². The zero-order valence-electron chi connectivity index (χ0n) is 9.74. The molecular formula is C8H16N4O5S. The summed E-state index contributed by atoms with van der Waals surface area (Å²) in [5.74, 6) is -0.215. The average Bonchev–Trinajstić information content (AvgIpc) is 2.66. The molecule has 0 unspecified atom stereocenters. The highest BCUT2D eigenvalue weighted by molar-refractivity contribution is 7.89. The molecule has 1 aromatic heterocycles. The minimum absolute atomic E-state index is 0.215. The Morgan fingerprint density at radius 2 is 1.89 bits per heavy atom. The SMILES string of the molecule is Cn1cc(S(=O)(=O)NC(CO)(CO)CO)c(N)n1. The molecule has 1 rings (SSSR count). The first-order valence-electron chi connectivity index (χ1n) is 4.96. The summed E-state index contributed by atoms with van der Waals surface area (Å²) in [5, 5.41) is 30.9. The number of nitrogens with one attached hydrogen (secondary N) is 1. The predicted octanol–water partition coefficient (Wildman–Crippen LogP) is -3.00. The van der Waals surface area contributed by atoms with Crippen molar-refractivity contribution >= 4 is 15.8 Å². The summed E-state index contributed by atoms with van der Waals surface area (Å²) >= 11 is 0. The van der Waals surface area contributed by atoms with Crippen LogP contribution < -0.4 is 10.5 Å². The van der Waals surface area contributed by atoms with Crippen molar-refractivity contribution in [3.63, 3.8) is 0 Å². The average molecular weight is 280 g/mol. The van der Waals surface area contributed by atoms with Crippen molar-refractivity contribution in [1.82, 2.24) is 14.5 Å². The van der Waals surface area contributed by atoms with E-state index < -0.39 is 35.4 Å². The second-order valence-electron chi connectivity index (χ2n) is 3.91. The number of aryl methyl sites for hydroxylation is 1. The van der Waals surface area contributed by atoms with Crippen LogP contribution in [0.5, 0.6) is 0 Å². The Labute approximate surface area is 104 Å². The fraction of sp³-hybridized carbons (Fsp3) is 0.625. The lowest BCUT2D eigenvalue weighted by atomic mass is 10.1. The third-order valence-electron chi connectivity index (χ3n) is 2.37. The lowest BCUT2D eigenvalue weighted by Gasteiger charge is -2.27. The number of sulfonamides is 1. The van der Waals surface area contributed by atoms with Gasteiger partial charge in [-0.25, -0.2) is 8.42 Å². The van der Waals surface area contributed by atoms with Gasteiger partial charge in [0.2, 0.25) is 10.0 Å². The van der Waals surface area contributed by atoms with E-state index >= 15 is 0 Å². The molecule has 10 heteroatoms. The number of hydrogen-bond donors (Lipinski definition) is 5. The van der Waals surface area contributed by atoms with Gasteiger partial charge >= 0.3 is 0 Å². The molecule has 0 spiro atoms. The van der Waals surface area contributed by atoms with Crippen LogP contribution >= 0.6 is 0 Å². The Bertz CT molecular complexity index is 499. The molecule has 1 heterocycles. The molecular weight excluding hydrogens is 264 g/mol. The summed E-state index contributed by atoms with van der Waals surface area (Å²) < 4.78 is 27.2. The van der Waals surface area contributed by atoms with Gasteiger partial charge in [-0.15, -0.1) is 0 Å². The van der Waals surface area contributed by atoms with Crippen molar-refractivity contribution in [1.29, 1.82) is 0 Å². The van der Waals surface area contributed by atoms with Crippen LogP contribution in [-0.4, -0.2) is 58.9 Å². The van der Waals surface area contributed by atoms with Crippen LogP contribution in [0.15, 0.2) is 11.1 Å². The zero-order valence-corrected chi connectivity index (χ0v) is 10.6. The monoisotopic (exact) mass is 280 g/mol. The molecule has 0 amide bonds. The standard InChI is InChI=1S/C8H16N4O5S/c1-12-2-6(7(9)10-12)18(16,17)11-8(3-13,4-14)5-15/h2,11,13-15H,3-5H2,1H3,(H2,9,10). The van der Waals surface area contributed by atoms with Gasteiger partial charge < -0.3 is 21.1 Å². The Morgan fingerprint density at radius 3 is 2.22 bits per heavy atom. The first-order valence-corrected chi connectivity index (χ1v) is 6.44. The van der Waals surface area contributed by atoms with Crippen molar-refractivity contribution in [2.75, 3.05) is 25.6 Å². The molecule has 0 radical (unpaired) electrons. The highest BCUT2D eigenvalue weighted by Gasteiger charge is 2.35. The van der Waals surface area contributed by atoms with Gasteiger partial charge in [0, 0.05) is 13.2 Å². The number of aromatic nitrogens is 2. The molecule has 0 aliphatic heterocycles. The first kappa shape index (κ1) is 14.9. The van der Waals surface area contributed by atoms with Crippen molar-refractivity contribution in [2.45, 2.75) is 10.4 Å². The van der Waals surface area contributed by atoms with Gasteiger partial charge in [-0.2, -0.15) is 9.82 Å². The molecule has 0 fully saturated rings. The first-order chi connectivity index (χ1) is 8.30. The van der Waals surface area contributed by atoms with Crippen molar-refractivity contribution < 1.29 is 23.7 Å². The number of nitrogens with two attached hydrogens (primary N) is 1. The molecule has 104 valence electrons. The molecule has 18 heavy (non-hydrogen) atoms. The molecule has 0 atom stereocenters. The van der Waals surface area contributed by atoms with E-state index in [1.165, 1.54) is 17.9 Å². The second-order valence-corrected chi connectivity index (χ2v) is 5.56. The minimum Gasteiger partial charge on any atom is -0.394 e. The molecule has 0 aliphatic carbocycles. The number of anilines is 1. The van der Waals surface area contributed by atoms with Crippen LogP contribution in [0.4, 0.5) is 5.82 Å². The molecule has 0 saturated carbocycles. The maximum absolute atomic E-state index is 12.0. The highest BCUT2D eigenvalue weighted by Crippen LogP contribution is 2.18. The lowest BCUT2D eigenvalue weighted by molar-refractivity contribution is 0.0582. The summed E-state index contributed by atoms with van der Waals surface area (Å²) in [7, 11) is -2.61. The van der Waals surface area contributed by atoms with E-state index in [1.807, 2.05) is 4.72 Å². The van der Waals surface area contributed by atoms with Gasteiger partial charge in [0.25, 0.3) is 0 Å². The third kappa shape index (κ3) is 2.79. The van der Waals surface area contributed by atoms with Crippen molar-refractivity contribution in [2.24, 2.45) is 7.05 Å². The fourth-order valence-corrected chi connectivity index (χ4v) is 2.76. The minimum atomic E-state index is -4.10. The number of aliphatic hydroxyl groups excluding tert-OH is 3. The van der Waals surface area contributed by atoms with Crippen LogP contribution in [0.1, 0.15) is 0 Å². The Hall–Kier alpha value is -1.20. The van der Waals surface area contributed by atoms with E-state index in [0.717, 1.165) is 0 Å². The number of hydrogen-bond acceptors (Lipinski definition) is 7. The van der Waals surface area contributed by atoms with Gasteiger partial charge in [-0.05, 0) is 0 Å². The Kier molecular flexibility index (Phi) is 4.29. The van der Waals surface area contributed by atoms with Crippen molar-refractivity contribution in [3.8, 4) is 0 Å². The summed E-state index contributed by atoms with van der Waals surface area (Å²) in [5.41, 5.74) is 3.68. The molecule has 9 nitrogen and oxygen atoms in total. The quantitative estimate of drug-likeness (QED) is 0.372. The lowest BCUT2D eigenvalue weighted by Crippen LogP contribution is -2.56. The third-order valence-corrected chi connectivity index (χ3v) is 3.97. The number of nitrogen functional groups attached to an aromatic ring is 1. The maximum atomic E-state index is 12.0. The number of aliphatic hydroxyl groups is 3. The van der Waals surface area contributed by atoms with E-state index in [0.29, 0.717) is 0 Å². The van der Waals surface area contributed by atoms with Gasteiger partial charge in [0.15, 0.2) is 5.82 Å². The van der Waals surface area contributed by atoms with Crippen LogP contribution in [0.25, 0.3) is 0 Å². The Morgan fingerprint density at radius 1 is 1.39 bits per heavy atom. The predicted molar refractivity (Wildman–Crippen MR) is 61.9 cm³/mol. The van der Waals surface area contributed by atoms with Gasteiger partial charge in [-0.1, -0.05) is 0 Å². The summed E-state index contributed by atoms with van der Waals surface area (Å²) in [4.78, 5) is -0.287. The highest BCUT2D eigenvalue weighted by atomic mass is 32.2. The maximum Gasteiger partial charge on any atom is 0.246 e. The van der Waals surface area contributed by atoms with Crippen molar-refractivity contribution in [3.05, 3.63) is 6.20 Å². The molecule has 0 aliphatic rings. The summed E-state index contributed by atoms with van der Waals surface area (Å²) in [6, 6.07) is 0. The summed E-state index contributed by atoms with van der Waals surface area (Å²) in [6.07, 6.45) is 1.18. The van der Waals surface area contributed by atoms with Gasteiger partial charge in [0.1, 0.15) is 10.4 Å². The molecule has 0 saturated heterocycles. The Balaban J connectivity index is 3.12. The van der Waals surface area contributed by atoms with E-state index in [1.54, 1.807) is 0 Å². The zero-order chi connectivity index (χ0) is 14.0. The largest absolute Gasteiger partial charge is 0.394 e. The molecule has 0 aromatic carbocycles. The van der Waals surface area contributed by atoms with Crippen LogP contribution in [0.2, 0.25) is 0 Å². The van der Waals surface area contributed by atoms with E-state index in [9.17, 15) is 8.42 Å². The van der Waals surface area contributed by atoms with Gasteiger partial charge in [0.05, 0.1) is 19.8 Å². The normalized spacial score (nSPS) is 12.9. The van der Waals surface area contributed by atoms with Crippen LogP contribution in [0.3, 0.4) is 0 Å². The summed E-state index contributed by atoms with van der Waals surface area (Å²) in [6.45, 7) is -2.29. The second kappa shape index (κ2) is 5.20. The fourth-order valence-electron chi connectivity index (χ4n) is 1.28. The molecule has 0 bridgehead atoms. The van der Waals surface area contributed by atoms with Crippen LogP contribution in [-0.2, 0) is 17.1 Å². The number of rotatable bonds is 6. The number of nitrogens with zero attached hydrogens (tertiary/aromatic N) is 2. The van der Waals surface area contributed by atoms with Crippen LogP contribution in [0, 0.1) is 0 Å². The molecule has 1 aromatic rings. The topological polar surface area (TPSA) is 151 Å². The smallest absolute Gasteiger partial charge is 0.246 e. The molecule has 6 N–H and O–H groups in total. The van der Waals surface area contributed by atoms with E-state index in [-0.39, 0.29) is 10.7 Å².